The molecule has 0 bridgehead atoms. The molecule has 2 aromatic rings. The molecule has 1 saturated carbocycles. The lowest BCUT2D eigenvalue weighted by Crippen LogP contribution is -2.50. The van der Waals surface area contributed by atoms with E-state index in [1.807, 2.05) is 54.6 Å². The normalized spacial score (nSPS) is 15.0. The molecule has 2 aromatic carbocycles. The molecule has 0 spiro atoms. The Kier molecular flexibility index (Phi) is 7.69. The average molecular weight is 459 g/mol. The van der Waals surface area contributed by atoms with E-state index >= 15 is 0 Å². The van der Waals surface area contributed by atoms with Crippen molar-refractivity contribution in [1.82, 2.24) is 10.2 Å². The van der Waals surface area contributed by atoms with Gasteiger partial charge in [-0.2, -0.15) is 0 Å². The van der Waals surface area contributed by atoms with E-state index in [1.165, 1.54) is 0 Å². The van der Waals surface area contributed by atoms with Gasteiger partial charge in [0.2, 0.25) is 5.91 Å². The van der Waals surface area contributed by atoms with Crippen molar-refractivity contribution < 1.29 is 14.3 Å². The van der Waals surface area contributed by atoms with Gasteiger partial charge in [-0.15, -0.1) is 0 Å². The van der Waals surface area contributed by atoms with Crippen LogP contribution in [0.25, 0.3) is 0 Å². The zero-order valence-corrected chi connectivity index (χ0v) is 18.2. The fourth-order valence-corrected chi connectivity index (χ4v) is 3.77. The molecule has 6 heteroatoms. The number of para-hydroxylation sites is 1. The van der Waals surface area contributed by atoms with Crippen molar-refractivity contribution >= 4 is 27.7 Å². The lowest BCUT2D eigenvalue weighted by atomic mass is 10.1. The second kappa shape index (κ2) is 10.4. The number of ether oxygens (including phenoxy) is 1. The first-order valence-corrected chi connectivity index (χ1v) is 10.8. The zero-order chi connectivity index (χ0) is 20.6. The van der Waals surface area contributed by atoms with Crippen LogP contribution >= 0.6 is 15.9 Å². The molecule has 1 fully saturated rings. The largest absolute Gasteiger partial charge is 0.484 e. The summed E-state index contributed by atoms with van der Waals surface area (Å²) in [6.07, 6.45) is 4.31. The van der Waals surface area contributed by atoms with E-state index in [1.54, 1.807) is 11.8 Å². The predicted molar refractivity (Wildman–Crippen MR) is 116 cm³/mol. The van der Waals surface area contributed by atoms with Gasteiger partial charge in [-0.25, -0.2) is 0 Å². The van der Waals surface area contributed by atoms with Crippen molar-refractivity contribution in [3.63, 3.8) is 0 Å². The van der Waals surface area contributed by atoms with Gasteiger partial charge in [-0.1, -0.05) is 59.1 Å². The molecule has 0 aliphatic heterocycles. The lowest BCUT2D eigenvalue weighted by Gasteiger charge is -2.29. The molecule has 0 heterocycles. The molecule has 0 aromatic heterocycles. The maximum absolute atomic E-state index is 13.0. The van der Waals surface area contributed by atoms with Gasteiger partial charge in [0.1, 0.15) is 11.8 Å². The summed E-state index contributed by atoms with van der Waals surface area (Å²) in [4.78, 5) is 27.4. The van der Waals surface area contributed by atoms with E-state index in [2.05, 4.69) is 21.2 Å². The summed E-state index contributed by atoms with van der Waals surface area (Å²) in [5.41, 5.74) is 0.960. The number of carbonyl (C=O) groups excluding carboxylic acids is 2. The molecule has 1 N–H and O–H groups in total. The number of hydrogen-bond donors (Lipinski definition) is 1. The van der Waals surface area contributed by atoms with E-state index in [0.29, 0.717) is 12.3 Å². The number of halogens is 1. The molecule has 1 aliphatic rings. The van der Waals surface area contributed by atoms with Gasteiger partial charge in [-0.3, -0.25) is 9.59 Å². The third kappa shape index (κ3) is 6.32. The van der Waals surface area contributed by atoms with E-state index in [-0.39, 0.29) is 24.5 Å². The predicted octanol–water partition coefficient (Wildman–Crippen LogP) is 4.30. The average Bonchev–Trinajstić information content (AvgIpc) is 3.25. The summed E-state index contributed by atoms with van der Waals surface area (Å²) in [5.74, 6) is 0.306. The second-order valence-electron chi connectivity index (χ2n) is 7.42. The molecule has 0 saturated heterocycles. The summed E-state index contributed by atoms with van der Waals surface area (Å²) in [6, 6.07) is 16.6. The quantitative estimate of drug-likeness (QED) is 0.641. The number of carbonyl (C=O) groups is 2. The Hall–Kier alpha value is -2.34. The van der Waals surface area contributed by atoms with Crippen LogP contribution in [-0.4, -0.2) is 35.4 Å². The fourth-order valence-electron chi connectivity index (χ4n) is 3.51. The van der Waals surface area contributed by atoms with E-state index in [9.17, 15) is 9.59 Å². The Bertz CT molecular complexity index is 805. The van der Waals surface area contributed by atoms with Crippen molar-refractivity contribution in [2.24, 2.45) is 0 Å². The number of nitrogens with one attached hydrogen (secondary N) is 1. The number of hydrogen-bond acceptors (Lipinski definition) is 3. The van der Waals surface area contributed by atoms with Gasteiger partial charge in [0.25, 0.3) is 5.91 Å². The summed E-state index contributed by atoms with van der Waals surface area (Å²) >= 11 is 3.43. The number of benzene rings is 2. The first kappa shape index (κ1) is 21.4. The molecule has 2 amide bonds. The Balaban J connectivity index is 1.69. The molecule has 0 radical (unpaired) electrons. The number of amides is 2. The zero-order valence-electron chi connectivity index (χ0n) is 16.6. The number of nitrogens with zero attached hydrogens (tertiary/aromatic N) is 1. The van der Waals surface area contributed by atoms with Gasteiger partial charge in [0.15, 0.2) is 6.61 Å². The van der Waals surface area contributed by atoms with Gasteiger partial charge in [0.05, 0.1) is 0 Å². The van der Waals surface area contributed by atoms with E-state index in [0.717, 1.165) is 35.7 Å². The first-order chi connectivity index (χ1) is 14.0. The van der Waals surface area contributed by atoms with Crippen molar-refractivity contribution in [2.75, 3.05) is 6.61 Å². The van der Waals surface area contributed by atoms with Crippen LogP contribution in [0.5, 0.6) is 5.75 Å². The Morgan fingerprint density at radius 3 is 2.41 bits per heavy atom. The van der Waals surface area contributed by atoms with Crippen LogP contribution in [0.1, 0.15) is 38.2 Å². The molecular weight excluding hydrogens is 432 g/mol. The molecule has 1 aliphatic carbocycles. The van der Waals surface area contributed by atoms with Crippen LogP contribution in [0.15, 0.2) is 59.1 Å². The van der Waals surface area contributed by atoms with Crippen LogP contribution in [0.2, 0.25) is 0 Å². The molecule has 1 atom stereocenters. The van der Waals surface area contributed by atoms with Gasteiger partial charge < -0.3 is 15.0 Å². The summed E-state index contributed by atoms with van der Waals surface area (Å²) in [5, 5.41) is 3.10. The minimum atomic E-state index is -0.578. The van der Waals surface area contributed by atoms with Crippen LogP contribution < -0.4 is 10.1 Å². The molecular formula is C23H27BrN2O3. The molecule has 154 valence electrons. The van der Waals surface area contributed by atoms with Crippen molar-refractivity contribution in [2.45, 2.75) is 51.2 Å². The highest BCUT2D eigenvalue weighted by molar-refractivity contribution is 9.10. The molecule has 5 nitrogen and oxygen atoms in total. The Labute approximate surface area is 180 Å². The molecule has 3 rings (SSSR count). The van der Waals surface area contributed by atoms with Crippen LogP contribution in [0.3, 0.4) is 0 Å². The molecule has 0 unspecified atom stereocenters. The fraction of sp³-hybridized carbons (Fsp3) is 0.391. The van der Waals surface area contributed by atoms with E-state index in [4.69, 9.17) is 4.74 Å². The highest BCUT2D eigenvalue weighted by Crippen LogP contribution is 2.19. The molecule has 29 heavy (non-hydrogen) atoms. The van der Waals surface area contributed by atoms with E-state index < -0.39 is 6.04 Å². The highest BCUT2D eigenvalue weighted by Gasteiger charge is 2.28. The Morgan fingerprint density at radius 2 is 1.76 bits per heavy atom. The Morgan fingerprint density at radius 1 is 1.10 bits per heavy atom. The van der Waals surface area contributed by atoms with Gasteiger partial charge in [-0.05, 0) is 49.6 Å². The maximum atomic E-state index is 13.0. The third-order valence-electron chi connectivity index (χ3n) is 5.24. The maximum Gasteiger partial charge on any atom is 0.261 e. The highest BCUT2D eigenvalue weighted by atomic mass is 79.9. The van der Waals surface area contributed by atoms with Crippen LogP contribution in [0, 0.1) is 0 Å². The topological polar surface area (TPSA) is 58.6 Å². The third-order valence-corrected chi connectivity index (χ3v) is 5.77. The first-order valence-electron chi connectivity index (χ1n) is 10.0. The van der Waals surface area contributed by atoms with Crippen molar-refractivity contribution in [3.8, 4) is 5.75 Å². The van der Waals surface area contributed by atoms with Gasteiger partial charge in [0, 0.05) is 17.1 Å². The van der Waals surface area contributed by atoms with Gasteiger partial charge >= 0.3 is 0 Å². The monoisotopic (exact) mass is 458 g/mol. The van der Waals surface area contributed by atoms with Crippen LogP contribution in [0.4, 0.5) is 0 Å². The smallest absolute Gasteiger partial charge is 0.261 e. The SMILES string of the molecule is C[C@@H](C(=O)NC1CCCC1)N(Cc1ccc(Br)cc1)C(=O)COc1ccccc1. The van der Waals surface area contributed by atoms with Crippen molar-refractivity contribution in [3.05, 3.63) is 64.6 Å². The summed E-state index contributed by atoms with van der Waals surface area (Å²) in [7, 11) is 0. The lowest BCUT2D eigenvalue weighted by molar-refractivity contribution is -0.142. The minimum Gasteiger partial charge on any atom is -0.484 e. The number of rotatable bonds is 8. The second-order valence-corrected chi connectivity index (χ2v) is 8.33. The van der Waals surface area contributed by atoms with Crippen molar-refractivity contribution in [1.29, 1.82) is 0 Å². The standard InChI is InChI=1S/C23H27BrN2O3/c1-17(23(28)25-20-7-5-6-8-20)26(15-18-11-13-19(24)14-12-18)22(27)16-29-21-9-3-2-4-10-21/h2-4,9-14,17,20H,5-8,15-16H2,1H3,(H,25,28)/t17-/m0/s1. The summed E-state index contributed by atoms with van der Waals surface area (Å²) in [6.45, 7) is 2.02. The van der Waals surface area contributed by atoms with Crippen LogP contribution in [-0.2, 0) is 16.1 Å². The summed E-state index contributed by atoms with van der Waals surface area (Å²) < 4.78 is 6.61. The minimum absolute atomic E-state index is 0.109.